The van der Waals surface area contributed by atoms with Gasteiger partial charge in [-0.15, -0.1) is 0 Å². The average molecular weight is 280 g/mol. The van der Waals surface area contributed by atoms with Crippen molar-refractivity contribution in [3.05, 3.63) is 18.5 Å². The van der Waals surface area contributed by atoms with Crippen molar-refractivity contribution in [2.24, 2.45) is 4.99 Å². The first-order valence-corrected chi connectivity index (χ1v) is 7.78. The van der Waals surface area contributed by atoms with Crippen LogP contribution >= 0.6 is 11.8 Å². The van der Waals surface area contributed by atoms with Gasteiger partial charge in [-0.25, -0.2) is 0 Å². The number of thioether (sulfide) groups is 1. The minimum atomic E-state index is 0.229. The lowest BCUT2D eigenvalue weighted by Gasteiger charge is -2.32. The zero-order chi connectivity index (χ0) is 13.1. The van der Waals surface area contributed by atoms with Crippen molar-refractivity contribution in [2.75, 3.05) is 19.0 Å². The van der Waals surface area contributed by atoms with Gasteiger partial charge in [0.25, 0.3) is 0 Å². The zero-order valence-electron chi connectivity index (χ0n) is 11.2. The number of hydrogen-bond donors (Lipinski definition) is 1. The summed E-state index contributed by atoms with van der Waals surface area (Å²) >= 11 is 1.84. The number of ether oxygens (including phenoxy) is 1. The Bertz CT molecular complexity index is 440. The van der Waals surface area contributed by atoms with E-state index < -0.39 is 0 Å². The van der Waals surface area contributed by atoms with Gasteiger partial charge in [0.05, 0.1) is 18.1 Å². The molecule has 0 aromatic carbocycles. The quantitative estimate of drug-likeness (QED) is 0.912. The van der Waals surface area contributed by atoms with Crippen molar-refractivity contribution in [1.82, 2.24) is 15.1 Å². The number of nitrogens with one attached hydrogen (secondary N) is 1. The highest BCUT2D eigenvalue weighted by Gasteiger charge is 2.38. The summed E-state index contributed by atoms with van der Waals surface area (Å²) in [6.45, 7) is 4.69. The standard InChI is InChI=1S/C13H20N4OS/c1-11(9-17-6-2-5-14-17)15-12-16-13(10-19-12)3-7-18-8-4-13/h2,5-6,11H,3-4,7-10H2,1H3,(H,15,16). The maximum Gasteiger partial charge on any atom is 0.157 e. The van der Waals surface area contributed by atoms with E-state index in [1.807, 2.05) is 28.7 Å². The fraction of sp³-hybridized carbons (Fsp3) is 0.692. The summed E-state index contributed by atoms with van der Waals surface area (Å²) in [7, 11) is 0. The monoisotopic (exact) mass is 280 g/mol. The van der Waals surface area contributed by atoms with E-state index in [1.54, 1.807) is 6.20 Å². The lowest BCUT2D eigenvalue weighted by Crippen LogP contribution is -2.48. The Hall–Kier alpha value is -1.01. The van der Waals surface area contributed by atoms with E-state index in [2.05, 4.69) is 17.3 Å². The molecule has 0 amide bonds. The van der Waals surface area contributed by atoms with Crippen LogP contribution in [0.25, 0.3) is 0 Å². The second-order valence-electron chi connectivity index (χ2n) is 5.32. The molecule has 3 heterocycles. The Morgan fingerprint density at radius 1 is 1.58 bits per heavy atom. The van der Waals surface area contributed by atoms with Gasteiger partial charge in [0, 0.05) is 31.4 Å². The molecule has 1 aromatic heterocycles. The maximum absolute atomic E-state index is 5.44. The lowest BCUT2D eigenvalue weighted by molar-refractivity contribution is 0.0555. The molecule has 1 unspecified atom stereocenters. The summed E-state index contributed by atoms with van der Waals surface area (Å²) < 4.78 is 7.37. The molecule has 1 atom stereocenters. The van der Waals surface area contributed by atoms with Crippen LogP contribution in [-0.4, -0.2) is 45.5 Å². The molecule has 1 aromatic rings. The number of aromatic nitrogens is 2. The van der Waals surface area contributed by atoms with E-state index in [0.29, 0.717) is 0 Å². The zero-order valence-corrected chi connectivity index (χ0v) is 12.0. The highest BCUT2D eigenvalue weighted by Crippen LogP contribution is 2.31. The third kappa shape index (κ3) is 3.12. The first kappa shape index (κ1) is 13.0. The molecule has 2 aliphatic rings. The maximum atomic E-state index is 5.44. The molecule has 5 nitrogen and oxygen atoms in total. The Morgan fingerprint density at radius 3 is 3.16 bits per heavy atom. The Morgan fingerprint density at radius 2 is 2.42 bits per heavy atom. The number of nitrogens with zero attached hydrogens (tertiary/aromatic N) is 3. The third-order valence-electron chi connectivity index (χ3n) is 3.66. The van der Waals surface area contributed by atoms with E-state index >= 15 is 0 Å². The molecule has 1 N–H and O–H groups in total. The molecule has 0 saturated carbocycles. The normalized spacial score (nSPS) is 25.6. The number of rotatable bonds is 3. The topological polar surface area (TPSA) is 51.4 Å². The smallest absolute Gasteiger partial charge is 0.157 e. The number of aliphatic imine (C=N–C) groups is 1. The highest BCUT2D eigenvalue weighted by atomic mass is 32.2. The van der Waals surface area contributed by atoms with Gasteiger partial charge in [0.15, 0.2) is 5.17 Å². The Kier molecular flexibility index (Phi) is 3.79. The molecular weight excluding hydrogens is 260 g/mol. The second kappa shape index (κ2) is 5.54. The minimum Gasteiger partial charge on any atom is -0.381 e. The minimum absolute atomic E-state index is 0.229. The summed E-state index contributed by atoms with van der Waals surface area (Å²) in [4.78, 5) is 4.77. The molecule has 2 fully saturated rings. The van der Waals surface area contributed by atoms with E-state index in [9.17, 15) is 0 Å². The first-order chi connectivity index (χ1) is 9.26. The van der Waals surface area contributed by atoms with Crippen molar-refractivity contribution in [3.8, 4) is 0 Å². The van der Waals surface area contributed by atoms with Gasteiger partial charge in [0.2, 0.25) is 0 Å². The van der Waals surface area contributed by atoms with Crippen LogP contribution in [0, 0.1) is 0 Å². The molecule has 2 saturated heterocycles. The van der Waals surface area contributed by atoms with Crippen LogP contribution in [0.3, 0.4) is 0 Å². The van der Waals surface area contributed by atoms with Gasteiger partial charge in [-0.3, -0.25) is 9.67 Å². The fourth-order valence-corrected chi connectivity index (χ4v) is 3.84. The van der Waals surface area contributed by atoms with Gasteiger partial charge in [-0.1, -0.05) is 11.8 Å². The van der Waals surface area contributed by atoms with Crippen molar-refractivity contribution < 1.29 is 4.74 Å². The summed E-state index contributed by atoms with van der Waals surface area (Å²) in [6, 6.07) is 2.18. The fourth-order valence-electron chi connectivity index (χ4n) is 2.53. The van der Waals surface area contributed by atoms with Crippen LogP contribution in [0.15, 0.2) is 23.5 Å². The molecule has 0 radical (unpaired) electrons. The van der Waals surface area contributed by atoms with Gasteiger partial charge in [0.1, 0.15) is 0 Å². The van der Waals surface area contributed by atoms with Crippen LogP contribution in [0.4, 0.5) is 0 Å². The summed E-state index contributed by atoms with van der Waals surface area (Å²) in [5, 5.41) is 8.92. The van der Waals surface area contributed by atoms with E-state index in [4.69, 9.17) is 9.73 Å². The molecule has 104 valence electrons. The van der Waals surface area contributed by atoms with Gasteiger partial charge >= 0.3 is 0 Å². The summed E-state index contributed by atoms with van der Waals surface area (Å²) in [5.74, 6) is 1.11. The predicted molar refractivity (Wildman–Crippen MR) is 77.5 cm³/mol. The van der Waals surface area contributed by atoms with E-state index in [1.165, 1.54) is 0 Å². The molecule has 2 aliphatic heterocycles. The molecule has 1 spiro atoms. The molecule has 19 heavy (non-hydrogen) atoms. The second-order valence-corrected chi connectivity index (χ2v) is 6.28. The Balaban J connectivity index is 1.58. The summed E-state index contributed by atoms with van der Waals surface area (Å²) in [6.07, 6.45) is 5.96. The van der Waals surface area contributed by atoms with Crippen molar-refractivity contribution in [3.63, 3.8) is 0 Å². The average Bonchev–Trinajstić information content (AvgIpc) is 3.02. The highest BCUT2D eigenvalue weighted by molar-refractivity contribution is 8.14. The predicted octanol–water partition coefficient (Wildman–Crippen LogP) is 1.51. The molecule has 6 heteroatoms. The number of amidine groups is 1. The lowest BCUT2D eigenvalue weighted by atomic mass is 9.93. The van der Waals surface area contributed by atoms with Crippen LogP contribution in [-0.2, 0) is 11.3 Å². The molecule has 0 bridgehead atoms. The van der Waals surface area contributed by atoms with Gasteiger partial charge in [-0.05, 0) is 25.8 Å². The van der Waals surface area contributed by atoms with Gasteiger partial charge < -0.3 is 10.1 Å². The Labute approximate surface area is 117 Å². The van der Waals surface area contributed by atoms with Crippen molar-refractivity contribution >= 4 is 16.9 Å². The first-order valence-electron chi connectivity index (χ1n) is 6.80. The van der Waals surface area contributed by atoms with Crippen LogP contribution in [0.1, 0.15) is 19.8 Å². The largest absolute Gasteiger partial charge is 0.381 e. The van der Waals surface area contributed by atoms with Crippen LogP contribution in [0.2, 0.25) is 0 Å². The van der Waals surface area contributed by atoms with Gasteiger partial charge in [-0.2, -0.15) is 5.10 Å². The summed E-state index contributed by atoms with van der Waals surface area (Å²) in [5.41, 5.74) is 0.229. The molecule has 3 rings (SSSR count). The van der Waals surface area contributed by atoms with Crippen molar-refractivity contribution in [2.45, 2.75) is 37.9 Å². The SMILES string of the molecule is CC(Cn1cccn1)N=C1NC2(CCOCC2)CS1. The van der Waals surface area contributed by atoms with Crippen molar-refractivity contribution in [1.29, 1.82) is 0 Å². The van der Waals surface area contributed by atoms with Crippen LogP contribution in [0.5, 0.6) is 0 Å². The molecule has 0 aliphatic carbocycles. The van der Waals surface area contributed by atoms with E-state index in [0.717, 1.165) is 43.5 Å². The van der Waals surface area contributed by atoms with E-state index in [-0.39, 0.29) is 11.6 Å². The van der Waals surface area contributed by atoms with Crippen LogP contribution < -0.4 is 5.32 Å². The third-order valence-corrected chi connectivity index (χ3v) is 4.83. The molecular formula is C13H20N4OS. The number of hydrogen-bond acceptors (Lipinski definition) is 4.